The molecule has 1 aromatic rings. The SMILES string of the molecule is COc1cc2c(cc1OC)N(CC(=O)N1CCCC1)C(=O)CN2. The molecule has 1 fully saturated rings. The van der Waals surface area contributed by atoms with Gasteiger partial charge in [0.05, 0.1) is 32.1 Å². The van der Waals surface area contributed by atoms with Crippen molar-refractivity contribution in [1.82, 2.24) is 4.90 Å². The van der Waals surface area contributed by atoms with Crippen LogP contribution in [0.15, 0.2) is 12.1 Å². The third kappa shape index (κ3) is 2.91. The lowest BCUT2D eigenvalue weighted by atomic mass is 10.1. The average molecular weight is 319 g/mol. The summed E-state index contributed by atoms with van der Waals surface area (Å²) in [5.41, 5.74) is 1.41. The number of hydrogen-bond donors (Lipinski definition) is 1. The molecule has 0 spiro atoms. The number of amides is 2. The smallest absolute Gasteiger partial charge is 0.246 e. The van der Waals surface area contributed by atoms with Crippen molar-refractivity contribution >= 4 is 23.2 Å². The average Bonchev–Trinajstić information content (AvgIpc) is 3.10. The first-order chi connectivity index (χ1) is 11.1. The zero-order chi connectivity index (χ0) is 16.4. The molecule has 7 heteroatoms. The quantitative estimate of drug-likeness (QED) is 0.899. The molecule has 0 unspecified atom stereocenters. The topological polar surface area (TPSA) is 71.1 Å². The molecule has 0 bridgehead atoms. The highest BCUT2D eigenvalue weighted by molar-refractivity contribution is 6.06. The molecule has 0 atom stereocenters. The van der Waals surface area contributed by atoms with Crippen LogP contribution in [0.3, 0.4) is 0 Å². The number of hydrogen-bond acceptors (Lipinski definition) is 5. The van der Waals surface area contributed by atoms with Gasteiger partial charge in [0, 0.05) is 25.2 Å². The molecule has 3 rings (SSSR count). The van der Waals surface area contributed by atoms with Crippen LogP contribution in [0, 0.1) is 0 Å². The molecule has 0 aliphatic carbocycles. The number of methoxy groups -OCH3 is 2. The molecule has 7 nitrogen and oxygen atoms in total. The Hall–Kier alpha value is -2.44. The van der Waals surface area contributed by atoms with Crippen molar-refractivity contribution < 1.29 is 19.1 Å². The second-order valence-corrected chi connectivity index (χ2v) is 5.65. The predicted molar refractivity (Wildman–Crippen MR) is 86.2 cm³/mol. The summed E-state index contributed by atoms with van der Waals surface area (Å²) in [5, 5.41) is 3.06. The maximum Gasteiger partial charge on any atom is 0.246 e. The Morgan fingerprint density at radius 2 is 1.83 bits per heavy atom. The number of nitrogens with one attached hydrogen (secondary N) is 1. The van der Waals surface area contributed by atoms with Crippen LogP contribution < -0.4 is 19.7 Å². The number of ether oxygens (including phenoxy) is 2. The zero-order valence-corrected chi connectivity index (χ0v) is 13.4. The molecular weight excluding hydrogens is 298 g/mol. The molecule has 1 aromatic carbocycles. The number of anilines is 2. The maximum absolute atomic E-state index is 12.4. The van der Waals surface area contributed by atoms with Gasteiger partial charge in [-0.2, -0.15) is 0 Å². The van der Waals surface area contributed by atoms with Gasteiger partial charge in [-0.15, -0.1) is 0 Å². The van der Waals surface area contributed by atoms with Crippen LogP contribution in [0.2, 0.25) is 0 Å². The summed E-state index contributed by atoms with van der Waals surface area (Å²) in [6.07, 6.45) is 2.06. The second kappa shape index (κ2) is 6.36. The first-order valence-corrected chi connectivity index (χ1v) is 7.72. The van der Waals surface area contributed by atoms with E-state index in [0.29, 0.717) is 17.2 Å². The molecule has 0 saturated carbocycles. The lowest BCUT2D eigenvalue weighted by Gasteiger charge is -2.31. The van der Waals surface area contributed by atoms with E-state index in [0.717, 1.165) is 31.6 Å². The third-order valence-electron chi connectivity index (χ3n) is 4.28. The summed E-state index contributed by atoms with van der Waals surface area (Å²) in [4.78, 5) is 28.0. The van der Waals surface area contributed by atoms with Crippen molar-refractivity contribution in [3.8, 4) is 11.5 Å². The highest BCUT2D eigenvalue weighted by atomic mass is 16.5. The molecule has 2 aliphatic heterocycles. The normalized spacial score (nSPS) is 16.9. The van der Waals surface area contributed by atoms with Crippen LogP contribution in [-0.4, -0.2) is 57.1 Å². The largest absolute Gasteiger partial charge is 0.493 e. The van der Waals surface area contributed by atoms with Gasteiger partial charge in [0.15, 0.2) is 11.5 Å². The molecule has 2 aliphatic rings. The van der Waals surface area contributed by atoms with Gasteiger partial charge in [-0.3, -0.25) is 14.5 Å². The number of rotatable bonds is 4. The molecule has 1 saturated heterocycles. The lowest BCUT2D eigenvalue weighted by Crippen LogP contribution is -2.46. The maximum atomic E-state index is 12.4. The van der Waals surface area contributed by atoms with Gasteiger partial charge >= 0.3 is 0 Å². The van der Waals surface area contributed by atoms with Gasteiger partial charge in [0.2, 0.25) is 11.8 Å². The van der Waals surface area contributed by atoms with Crippen LogP contribution in [0.1, 0.15) is 12.8 Å². The monoisotopic (exact) mass is 319 g/mol. The van der Waals surface area contributed by atoms with Crippen molar-refractivity contribution in [2.45, 2.75) is 12.8 Å². The van der Waals surface area contributed by atoms with E-state index in [1.54, 1.807) is 26.4 Å². The van der Waals surface area contributed by atoms with Crippen molar-refractivity contribution in [3.63, 3.8) is 0 Å². The van der Waals surface area contributed by atoms with E-state index in [1.807, 2.05) is 4.90 Å². The van der Waals surface area contributed by atoms with E-state index in [2.05, 4.69) is 5.32 Å². The van der Waals surface area contributed by atoms with E-state index in [-0.39, 0.29) is 24.9 Å². The van der Waals surface area contributed by atoms with Crippen LogP contribution in [0.25, 0.3) is 0 Å². The minimum Gasteiger partial charge on any atom is -0.493 e. The molecule has 0 radical (unpaired) electrons. The van der Waals surface area contributed by atoms with Crippen molar-refractivity contribution in [3.05, 3.63) is 12.1 Å². The van der Waals surface area contributed by atoms with Crippen LogP contribution in [-0.2, 0) is 9.59 Å². The number of benzene rings is 1. The van der Waals surface area contributed by atoms with Crippen LogP contribution >= 0.6 is 0 Å². The molecular formula is C16H21N3O4. The highest BCUT2D eigenvalue weighted by Gasteiger charge is 2.29. The fourth-order valence-corrected chi connectivity index (χ4v) is 3.01. The Morgan fingerprint density at radius 1 is 1.17 bits per heavy atom. The Bertz CT molecular complexity index is 626. The summed E-state index contributed by atoms with van der Waals surface area (Å²) in [5.74, 6) is 0.969. The lowest BCUT2D eigenvalue weighted by molar-refractivity contribution is -0.130. The molecule has 2 amide bonds. The second-order valence-electron chi connectivity index (χ2n) is 5.65. The van der Waals surface area contributed by atoms with Crippen LogP contribution in [0.5, 0.6) is 11.5 Å². The molecule has 1 N–H and O–H groups in total. The Balaban J connectivity index is 1.89. The first kappa shape index (κ1) is 15.5. The predicted octanol–water partition coefficient (Wildman–Crippen LogP) is 1.08. The minimum absolute atomic E-state index is 0.0153. The number of likely N-dealkylation sites (tertiary alicyclic amines) is 1. The first-order valence-electron chi connectivity index (χ1n) is 7.72. The van der Waals surface area contributed by atoms with Gasteiger partial charge < -0.3 is 19.7 Å². The highest BCUT2D eigenvalue weighted by Crippen LogP contribution is 2.40. The van der Waals surface area contributed by atoms with E-state index < -0.39 is 0 Å². The molecule has 124 valence electrons. The summed E-state index contributed by atoms with van der Waals surface area (Å²) in [6, 6.07) is 3.52. The fourth-order valence-electron chi connectivity index (χ4n) is 3.01. The summed E-state index contributed by atoms with van der Waals surface area (Å²) < 4.78 is 10.6. The molecule has 0 aromatic heterocycles. The number of carbonyl (C=O) groups is 2. The van der Waals surface area contributed by atoms with Crippen molar-refractivity contribution in [2.75, 3.05) is 50.6 Å². The fraction of sp³-hybridized carbons (Fsp3) is 0.500. The number of nitrogens with zero attached hydrogens (tertiary/aromatic N) is 2. The van der Waals surface area contributed by atoms with E-state index in [4.69, 9.17) is 9.47 Å². The zero-order valence-electron chi connectivity index (χ0n) is 13.4. The van der Waals surface area contributed by atoms with Gasteiger partial charge in [-0.05, 0) is 12.8 Å². The van der Waals surface area contributed by atoms with Crippen molar-refractivity contribution in [1.29, 1.82) is 0 Å². The number of fused-ring (bicyclic) bond motifs is 1. The molecule has 2 heterocycles. The Kier molecular flexibility index (Phi) is 4.27. The van der Waals surface area contributed by atoms with Gasteiger partial charge in [-0.1, -0.05) is 0 Å². The van der Waals surface area contributed by atoms with E-state index in [1.165, 1.54) is 4.90 Å². The van der Waals surface area contributed by atoms with Gasteiger partial charge in [0.1, 0.15) is 6.54 Å². The van der Waals surface area contributed by atoms with E-state index in [9.17, 15) is 9.59 Å². The minimum atomic E-state index is -0.128. The Labute approximate surface area is 135 Å². The third-order valence-corrected chi connectivity index (χ3v) is 4.28. The molecule has 23 heavy (non-hydrogen) atoms. The number of carbonyl (C=O) groups excluding carboxylic acids is 2. The summed E-state index contributed by atoms with van der Waals surface area (Å²) >= 11 is 0. The summed E-state index contributed by atoms with van der Waals surface area (Å²) in [6.45, 7) is 1.77. The van der Waals surface area contributed by atoms with Gasteiger partial charge in [0.25, 0.3) is 0 Å². The van der Waals surface area contributed by atoms with Crippen molar-refractivity contribution in [2.24, 2.45) is 0 Å². The standard InChI is InChI=1S/C16H21N3O4/c1-22-13-7-11-12(8-14(13)23-2)19(15(20)9-17-11)10-16(21)18-5-3-4-6-18/h7-8,17H,3-6,9-10H2,1-2H3. The van der Waals surface area contributed by atoms with Crippen LogP contribution in [0.4, 0.5) is 11.4 Å². The van der Waals surface area contributed by atoms with Gasteiger partial charge in [-0.25, -0.2) is 0 Å². The Morgan fingerprint density at radius 3 is 2.48 bits per heavy atom. The van der Waals surface area contributed by atoms with E-state index >= 15 is 0 Å². The summed E-state index contributed by atoms with van der Waals surface area (Å²) in [7, 11) is 3.11.